The lowest BCUT2D eigenvalue weighted by Gasteiger charge is -2.33. The molecule has 1 aromatic heterocycles. The van der Waals surface area contributed by atoms with Gasteiger partial charge in [-0.3, -0.25) is 9.59 Å². The zero-order valence-corrected chi connectivity index (χ0v) is 14.4. The van der Waals surface area contributed by atoms with E-state index in [1.165, 1.54) is 16.9 Å². The molecule has 2 amide bonds. The van der Waals surface area contributed by atoms with Crippen molar-refractivity contribution in [1.82, 2.24) is 10.2 Å². The van der Waals surface area contributed by atoms with Crippen LogP contribution in [0.5, 0.6) is 0 Å². The lowest BCUT2D eigenvalue weighted by molar-refractivity contribution is -0.123. The largest absolute Gasteiger partial charge is 0.353 e. The summed E-state index contributed by atoms with van der Waals surface area (Å²) in [6, 6.07) is 2.08. The highest BCUT2D eigenvalue weighted by molar-refractivity contribution is 7.14. The summed E-state index contributed by atoms with van der Waals surface area (Å²) in [5, 5.41) is 2.76. The van der Waals surface area contributed by atoms with Gasteiger partial charge in [-0.15, -0.1) is 11.3 Å². The number of hydrogen-bond donors (Lipinski definition) is 1. The van der Waals surface area contributed by atoms with Crippen molar-refractivity contribution in [3.05, 3.63) is 21.4 Å². The van der Waals surface area contributed by atoms with E-state index in [0.717, 1.165) is 17.7 Å². The van der Waals surface area contributed by atoms with Gasteiger partial charge in [0.05, 0.1) is 11.4 Å². The monoisotopic (exact) mass is 320 g/mol. The van der Waals surface area contributed by atoms with Gasteiger partial charge in [0.1, 0.15) is 0 Å². The van der Waals surface area contributed by atoms with E-state index < -0.39 is 0 Å². The molecule has 22 heavy (non-hydrogen) atoms. The molecule has 0 bridgehead atoms. The first-order chi connectivity index (χ1) is 10.3. The second-order valence-corrected chi connectivity index (χ2v) is 8.58. The maximum atomic E-state index is 12.6. The number of amides is 2. The number of hydrogen-bond acceptors (Lipinski definition) is 3. The Balaban J connectivity index is 1.76. The second-order valence-electron chi connectivity index (χ2n) is 7.44. The predicted molar refractivity (Wildman–Crippen MR) is 88.2 cm³/mol. The normalized spacial score (nSPS) is 22.2. The maximum Gasteiger partial charge on any atom is 0.264 e. The van der Waals surface area contributed by atoms with E-state index in [-0.39, 0.29) is 18.4 Å². The Hall–Kier alpha value is -1.36. The molecule has 0 spiro atoms. The molecule has 1 saturated heterocycles. The third kappa shape index (κ3) is 3.05. The van der Waals surface area contributed by atoms with Crippen molar-refractivity contribution >= 4 is 23.2 Å². The average molecular weight is 320 g/mol. The number of nitrogens with zero attached hydrogens (tertiary/aromatic N) is 1. The molecule has 1 unspecified atom stereocenters. The first-order valence-electron chi connectivity index (χ1n) is 8.02. The highest BCUT2D eigenvalue weighted by atomic mass is 32.1. The highest BCUT2D eigenvalue weighted by Gasteiger charge is 2.31. The summed E-state index contributed by atoms with van der Waals surface area (Å²) in [5.74, 6) is 0.633. The lowest BCUT2D eigenvalue weighted by Crippen LogP contribution is -2.49. The van der Waals surface area contributed by atoms with E-state index in [9.17, 15) is 9.59 Å². The fourth-order valence-corrected chi connectivity index (χ4v) is 4.51. The van der Waals surface area contributed by atoms with Gasteiger partial charge < -0.3 is 10.2 Å². The molecule has 2 heterocycles. The Labute approximate surface area is 135 Å². The van der Waals surface area contributed by atoms with Crippen molar-refractivity contribution in [2.45, 2.75) is 40.0 Å². The standard InChI is InChI=1S/C17H24N2O2S/c1-17(2,3)12-4-5-13-11(8-12)9-14(22-13)16(21)19-7-6-18-15(20)10-19/h9,12H,4-8,10H2,1-3H3,(H,18,20). The molecule has 0 aromatic carbocycles. The SMILES string of the molecule is CC(C)(C)C1CCc2sc(C(=O)N3CCNC(=O)C3)cc2C1. The zero-order chi connectivity index (χ0) is 15.9. The van der Waals surface area contributed by atoms with Crippen LogP contribution in [0.4, 0.5) is 0 Å². The van der Waals surface area contributed by atoms with Gasteiger partial charge in [-0.05, 0) is 42.2 Å². The zero-order valence-electron chi connectivity index (χ0n) is 13.6. The number of rotatable bonds is 1. The Morgan fingerprint density at radius 3 is 2.86 bits per heavy atom. The molecule has 1 atom stereocenters. The highest BCUT2D eigenvalue weighted by Crippen LogP contribution is 2.40. The smallest absolute Gasteiger partial charge is 0.264 e. The molecule has 120 valence electrons. The fourth-order valence-electron chi connectivity index (χ4n) is 3.34. The summed E-state index contributed by atoms with van der Waals surface area (Å²) in [5.41, 5.74) is 1.66. The Bertz CT molecular complexity index is 600. The Morgan fingerprint density at radius 1 is 1.41 bits per heavy atom. The third-order valence-electron chi connectivity index (χ3n) is 4.84. The van der Waals surface area contributed by atoms with E-state index >= 15 is 0 Å². The lowest BCUT2D eigenvalue weighted by atomic mass is 9.72. The average Bonchev–Trinajstić information content (AvgIpc) is 2.88. The van der Waals surface area contributed by atoms with Crippen LogP contribution in [0.1, 0.15) is 47.3 Å². The van der Waals surface area contributed by atoms with E-state index in [2.05, 4.69) is 32.2 Å². The molecular formula is C17H24N2O2S. The third-order valence-corrected chi connectivity index (χ3v) is 6.07. The van der Waals surface area contributed by atoms with Crippen molar-refractivity contribution in [3.63, 3.8) is 0 Å². The van der Waals surface area contributed by atoms with Gasteiger partial charge in [0.2, 0.25) is 5.91 Å². The van der Waals surface area contributed by atoms with E-state index in [1.807, 2.05) is 0 Å². The second kappa shape index (κ2) is 5.69. The van der Waals surface area contributed by atoms with Gasteiger partial charge in [0, 0.05) is 18.0 Å². The van der Waals surface area contributed by atoms with Crippen LogP contribution in [0, 0.1) is 11.3 Å². The first-order valence-corrected chi connectivity index (χ1v) is 8.84. The van der Waals surface area contributed by atoms with Gasteiger partial charge in [-0.1, -0.05) is 20.8 Å². The number of thiophene rings is 1. The van der Waals surface area contributed by atoms with Gasteiger partial charge in [0.15, 0.2) is 0 Å². The summed E-state index contributed by atoms with van der Waals surface area (Å²) in [6.07, 6.45) is 3.36. The van der Waals surface area contributed by atoms with E-state index in [4.69, 9.17) is 0 Å². The number of carbonyl (C=O) groups is 2. The van der Waals surface area contributed by atoms with E-state index in [0.29, 0.717) is 24.4 Å². The summed E-state index contributed by atoms with van der Waals surface area (Å²) < 4.78 is 0. The molecular weight excluding hydrogens is 296 g/mol. The first kappa shape index (κ1) is 15.5. The summed E-state index contributed by atoms with van der Waals surface area (Å²) in [6.45, 7) is 8.25. The predicted octanol–water partition coefficient (Wildman–Crippen LogP) is 2.47. The van der Waals surface area contributed by atoms with Gasteiger partial charge in [-0.25, -0.2) is 0 Å². The topological polar surface area (TPSA) is 49.4 Å². The molecule has 2 aliphatic rings. The van der Waals surface area contributed by atoms with E-state index in [1.54, 1.807) is 16.2 Å². The number of piperazine rings is 1. The van der Waals surface area contributed by atoms with Crippen molar-refractivity contribution < 1.29 is 9.59 Å². The van der Waals surface area contributed by atoms with Gasteiger partial charge in [0.25, 0.3) is 5.91 Å². The van der Waals surface area contributed by atoms with Gasteiger partial charge in [-0.2, -0.15) is 0 Å². The van der Waals surface area contributed by atoms with Gasteiger partial charge >= 0.3 is 0 Å². The maximum absolute atomic E-state index is 12.6. The van der Waals surface area contributed by atoms with Crippen LogP contribution in [0.3, 0.4) is 0 Å². The van der Waals surface area contributed by atoms with Crippen LogP contribution < -0.4 is 5.32 Å². The molecule has 1 aliphatic heterocycles. The molecule has 1 fully saturated rings. The Kier molecular flexibility index (Phi) is 4.02. The quantitative estimate of drug-likeness (QED) is 0.864. The molecule has 4 nitrogen and oxygen atoms in total. The van der Waals surface area contributed by atoms with Crippen LogP contribution in [0.15, 0.2) is 6.07 Å². The minimum atomic E-state index is -0.0614. The minimum absolute atomic E-state index is 0.0153. The van der Waals surface area contributed by atoms with Crippen LogP contribution in [0.2, 0.25) is 0 Å². The number of aryl methyl sites for hydroxylation is 1. The molecule has 0 saturated carbocycles. The van der Waals surface area contributed by atoms with Crippen LogP contribution >= 0.6 is 11.3 Å². The molecule has 0 radical (unpaired) electrons. The Morgan fingerprint density at radius 2 is 2.18 bits per heavy atom. The number of nitrogens with one attached hydrogen (secondary N) is 1. The van der Waals surface area contributed by atoms with Crippen LogP contribution in [-0.4, -0.2) is 36.3 Å². The number of fused-ring (bicyclic) bond motifs is 1. The van der Waals surface area contributed by atoms with Crippen molar-refractivity contribution in [2.75, 3.05) is 19.6 Å². The molecule has 1 aliphatic carbocycles. The molecule has 3 rings (SSSR count). The molecule has 5 heteroatoms. The summed E-state index contributed by atoms with van der Waals surface area (Å²) in [7, 11) is 0. The summed E-state index contributed by atoms with van der Waals surface area (Å²) in [4.78, 5) is 27.9. The summed E-state index contributed by atoms with van der Waals surface area (Å²) >= 11 is 1.63. The van der Waals surface area contributed by atoms with Crippen molar-refractivity contribution in [1.29, 1.82) is 0 Å². The van der Waals surface area contributed by atoms with Crippen molar-refractivity contribution in [2.24, 2.45) is 11.3 Å². The minimum Gasteiger partial charge on any atom is -0.353 e. The van der Waals surface area contributed by atoms with Crippen molar-refractivity contribution in [3.8, 4) is 0 Å². The van der Waals surface area contributed by atoms with Crippen LogP contribution in [0.25, 0.3) is 0 Å². The van der Waals surface area contributed by atoms with Crippen LogP contribution in [-0.2, 0) is 17.6 Å². The molecule has 1 N–H and O–H groups in total. The fraction of sp³-hybridized carbons (Fsp3) is 0.647. The number of carbonyl (C=O) groups excluding carboxylic acids is 2. The molecule has 1 aromatic rings.